The molecule has 196 valence electrons. The van der Waals surface area contributed by atoms with Gasteiger partial charge in [0.1, 0.15) is 12.4 Å². The molecule has 0 spiro atoms. The summed E-state index contributed by atoms with van der Waals surface area (Å²) in [4.78, 5) is 11.3. The Balaban J connectivity index is 1.08. The molecular formula is C26H30N10OS. The molecule has 38 heavy (non-hydrogen) atoms. The number of nitrogen functional groups attached to an aromatic ring is 1. The van der Waals surface area contributed by atoms with E-state index in [9.17, 15) is 0 Å². The van der Waals surface area contributed by atoms with Crippen molar-refractivity contribution in [3.05, 3.63) is 66.2 Å². The number of rotatable bonds is 11. The molecule has 12 heteroatoms. The van der Waals surface area contributed by atoms with Crippen LogP contribution in [0.1, 0.15) is 24.2 Å². The van der Waals surface area contributed by atoms with Gasteiger partial charge < -0.3 is 10.5 Å². The van der Waals surface area contributed by atoms with E-state index in [1.807, 2.05) is 51.9 Å². The van der Waals surface area contributed by atoms with Gasteiger partial charge in [0, 0.05) is 30.5 Å². The van der Waals surface area contributed by atoms with Gasteiger partial charge in [0.05, 0.1) is 18.4 Å². The van der Waals surface area contributed by atoms with Gasteiger partial charge in [0.25, 0.3) is 0 Å². The smallest absolute Gasteiger partial charge is 0.216 e. The number of nitrogens with two attached hydrogens (primary N) is 1. The number of benzene rings is 1. The van der Waals surface area contributed by atoms with Gasteiger partial charge in [-0.1, -0.05) is 30.0 Å². The number of aromatic nitrogens is 8. The number of likely N-dealkylation sites (tertiary alicyclic amines) is 1. The van der Waals surface area contributed by atoms with Crippen molar-refractivity contribution in [2.45, 2.75) is 31.0 Å². The van der Waals surface area contributed by atoms with Crippen LogP contribution in [-0.4, -0.2) is 76.5 Å². The summed E-state index contributed by atoms with van der Waals surface area (Å²) < 4.78 is 9.73. The molecule has 0 aliphatic carbocycles. The van der Waals surface area contributed by atoms with Crippen LogP contribution in [-0.2, 0) is 13.0 Å². The van der Waals surface area contributed by atoms with Crippen LogP contribution in [0.2, 0.25) is 0 Å². The maximum atomic E-state index is 5.94. The van der Waals surface area contributed by atoms with Crippen molar-refractivity contribution < 1.29 is 4.74 Å². The van der Waals surface area contributed by atoms with E-state index in [2.05, 4.69) is 37.3 Å². The molecule has 11 nitrogen and oxygen atoms in total. The molecule has 0 saturated carbocycles. The second-order valence-corrected chi connectivity index (χ2v) is 10.3. The lowest BCUT2D eigenvalue weighted by Crippen LogP contribution is -2.25. The lowest BCUT2D eigenvalue weighted by Gasteiger charge is -2.14. The highest BCUT2D eigenvalue weighted by Crippen LogP contribution is 2.21. The number of hydrogen-bond acceptors (Lipinski definition) is 9. The zero-order valence-corrected chi connectivity index (χ0v) is 21.8. The number of ether oxygens (including phenoxy) is 1. The highest BCUT2D eigenvalue weighted by Gasteiger charge is 2.13. The molecule has 5 heterocycles. The number of pyridine rings is 1. The van der Waals surface area contributed by atoms with Crippen LogP contribution in [0.15, 0.2) is 60.0 Å². The summed E-state index contributed by atoms with van der Waals surface area (Å²) >= 11 is 1.53. The standard InChI is InChI=1S/C26H30N10OS/c27-25-30-26(32-31-25)38-15-13-35-18-20(17-28-35)22-4-3-5-24-29-23(33-36(22)24)16-19-6-8-21(9-7-19)37-14-12-34-10-1-2-11-34/h3-9,17-18H,1-2,10-16H2,(H3,27,30,31,32). The molecular weight excluding hydrogens is 500 g/mol. The van der Waals surface area contributed by atoms with E-state index in [4.69, 9.17) is 20.6 Å². The summed E-state index contributed by atoms with van der Waals surface area (Å²) in [6.45, 7) is 4.82. The summed E-state index contributed by atoms with van der Waals surface area (Å²) in [7, 11) is 0. The van der Waals surface area contributed by atoms with Crippen molar-refractivity contribution in [3.63, 3.8) is 0 Å². The van der Waals surface area contributed by atoms with Crippen molar-refractivity contribution in [1.82, 2.24) is 44.5 Å². The molecule has 0 bridgehead atoms. The summed E-state index contributed by atoms with van der Waals surface area (Å²) in [5.74, 6) is 2.77. The lowest BCUT2D eigenvalue weighted by atomic mass is 10.1. The van der Waals surface area contributed by atoms with Gasteiger partial charge in [0.2, 0.25) is 11.1 Å². The molecule has 6 rings (SSSR count). The summed E-state index contributed by atoms with van der Waals surface area (Å²) in [6.07, 6.45) is 7.13. The Bertz CT molecular complexity index is 1490. The van der Waals surface area contributed by atoms with Crippen molar-refractivity contribution in [3.8, 4) is 17.0 Å². The third-order valence-corrected chi connectivity index (χ3v) is 7.35. The van der Waals surface area contributed by atoms with Crippen LogP contribution in [0.4, 0.5) is 5.95 Å². The molecule has 1 aliphatic rings. The second-order valence-electron chi connectivity index (χ2n) is 9.27. The zero-order chi connectivity index (χ0) is 25.7. The first-order chi connectivity index (χ1) is 18.7. The van der Waals surface area contributed by atoms with E-state index in [-0.39, 0.29) is 0 Å². The topological polar surface area (TPSA) is 128 Å². The summed E-state index contributed by atoms with van der Waals surface area (Å²) in [5.41, 5.74) is 9.46. The maximum Gasteiger partial charge on any atom is 0.216 e. The summed E-state index contributed by atoms with van der Waals surface area (Å²) in [6, 6.07) is 14.2. The number of H-pyrrole nitrogens is 1. The van der Waals surface area contributed by atoms with E-state index in [0.717, 1.165) is 59.5 Å². The van der Waals surface area contributed by atoms with Gasteiger partial charge in [-0.3, -0.25) is 9.58 Å². The number of nitrogens with one attached hydrogen (secondary N) is 1. The highest BCUT2D eigenvalue weighted by molar-refractivity contribution is 7.99. The Morgan fingerprint density at radius 1 is 1.03 bits per heavy atom. The first-order valence-corrected chi connectivity index (χ1v) is 13.8. The van der Waals surface area contributed by atoms with Crippen molar-refractivity contribution in [2.24, 2.45) is 0 Å². The number of hydrogen-bond donors (Lipinski definition) is 2. The summed E-state index contributed by atoms with van der Waals surface area (Å²) in [5, 5.41) is 16.6. The molecule has 0 unspecified atom stereocenters. The van der Waals surface area contributed by atoms with Gasteiger partial charge in [-0.05, 0) is 55.8 Å². The minimum atomic E-state index is 0.323. The number of fused-ring (bicyclic) bond motifs is 1. The third-order valence-electron chi connectivity index (χ3n) is 6.53. The van der Waals surface area contributed by atoms with Crippen molar-refractivity contribution in [1.29, 1.82) is 0 Å². The molecule has 0 radical (unpaired) electrons. The third kappa shape index (κ3) is 5.81. The minimum absolute atomic E-state index is 0.323. The Morgan fingerprint density at radius 2 is 1.89 bits per heavy atom. The quantitative estimate of drug-likeness (QED) is 0.248. The van der Waals surface area contributed by atoms with Crippen LogP contribution in [0.5, 0.6) is 5.75 Å². The fourth-order valence-electron chi connectivity index (χ4n) is 4.60. The molecule has 1 saturated heterocycles. The van der Waals surface area contributed by atoms with Crippen molar-refractivity contribution in [2.75, 3.05) is 37.7 Å². The van der Waals surface area contributed by atoms with Crippen LogP contribution >= 0.6 is 11.8 Å². The Hall–Kier alpha value is -3.90. The maximum absolute atomic E-state index is 5.94. The number of aryl methyl sites for hydroxylation is 1. The molecule has 0 atom stereocenters. The average molecular weight is 531 g/mol. The van der Waals surface area contributed by atoms with E-state index in [0.29, 0.717) is 17.5 Å². The van der Waals surface area contributed by atoms with Gasteiger partial charge in [-0.2, -0.15) is 15.2 Å². The molecule has 3 N–H and O–H groups in total. The zero-order valence-electron chi connectivity index (χ0n) is 21.0. The molecule has 1 aliphatic heterocycles. The number of anilines is 1. The van der Waals surface area contributed by atoms with Gasteiger partial charge in [-0.15, -0.1) is 5.10 Å². The van der Waals surface area contributed by atoms with E-state index in [1.54, 1.807) is 0 Å². The predicted molar refractivity (Wildman–Crippen MR) is 146 cm³/mol. The lowest BCUT2D eigenvalue weighted by molar-refractivity contribution is 0.238. The number of nitrogens with zero attached hydrogens (tertiary/aromatic N) is 8. The van der Waals surface area contributed by atoms with E-state index in [1.165, 1.54) is 37.7 Å². The first kappa shape index (κ1) is 24.4. The van der Waals surface area contributed by atoms with Crippen LogP contribution < -0.4 is 10.5 Å². The fraction of sp³-hybridized carbons (Fsp3) is 0.346. The molecule has 4 aromatic heterocycles. The van der Waals surface area contributed by atoms with Crippen LogP contribution in [0.25, 0.3) is 16.9 Å². The van der Waals surface area contributed by atoms with Crippen LogP contribution in [0, 0.1) is 0 Å². The Morgan fingerprint density at radius 3 is 2.71 bits per heavy atom. The Kier molecular flexibility index (Phi) is 7.22. The number of aromatic amines is 1. The van der Waals surface area contributed by atoms with Gasteiger partial charge in [-0.25, -0.2) is 14.6 Å². The highest BCUT2D eigenvalue weighted by atomic mass is 32.2. The first-order valence-electron chi connectivity index (χ1n) is 12.8. The van der Waals surface area contributed by atoms with Gasteiger partial charge in [0.15, 0.2) is 11.5 Å². The molecule has 0 amide bonds. The van der Waals surface area contributed by atoms with Crippen LogP contribution in [0.3, 0.4) is 0 Å². The monoisotopic (exact) mass is 530 g/mol. The van der Waals surface area contributed by atoms with E-state index >= 15 is 0 Å². The second kappa shape index (κ2) is 11.2. The molecule has 1 fully saturated rings. The number of thioether (sulfide) groups is 1. The SMILES string of the molecule is Nc1nc(SCCn2cc(-c3cccc4nc(Cc5ccc(OCCN6CCCC6)cc5)nn34)cn2)n[nH]1. The largest absolute Gasteiger partial charge is 0.492 e. The fourth-order valence-corrected chi connectivity index (χ4v) is 5.33. The predicted octanol–water partition coefficient (Wildman–Crippen LogP) is 3.15. The van der Waals surface area contributed by atoms with Crippen molar-refractivity contribution >= 4 is 23.4 Å². The Labute approximate surface area is 224 Å². The normalized spacial score (nSPS) is 14.0. The molecule has 5 aromatic rings. The minimum Gasteiger partial charge on any atom is -0.492 e. The average Bonchev–Trinajstić information content (AvgIpc) is 3.73. The van der Waals surface area contributed by atoms with Gasteiger partial charge >= 0.3 is 0 Å². The molecule has 1 aromatic carbocycles. The van der Waals surface area contributed by atoms with E-state index < -0.39 is 0 Å².